The summed E-state index contributed by atoms with van der Waals surface area (Å²) in [6.45, 7) is 12.8. The van der Waals surface area contributed by atoms with E-state index < -0.39 is 5.97 Å². The molecule has 0 bridgehead atoms. The highest BCUT2D eigenvalue weighted by atomic mass is 16.6. The number of rotatable bonds is 4. The number of aromatic nitrogens is 2. The summed E-state index contributed by atoms with van der Waals surface area (Å²) in [5.41, 5.74) is 4.69. The maximum atomic E-state index is 11.8. The highest BCUT2D eigenvalue weighted by Gasteiger charge is 2.24. The predicted octanol–water partition coefficient (Wildman–Crippen LogP) is 4.73. The summed E-state index contributed by atoms with van der Waals surface area (Å²) < 4.78 is 9.99. The lowest BCUT2D eigenvalue weighted by atomic mass is 9.82. The van der Waals surface area contributed by atoms with Crippen LogP contribution in [-0.2, 0) is 4.74 Å². The van der Waals surface area contributed by atoms with Crippen LogP contribution < -0.4 is 0 Å². The topological polar surface area (TPSA) is 65.2 Å². The minimum Gasteiger partial charge on any atom is -0.459 e. The van der Waals surface area contributed by atoms with Crippen LogP contribution in [0.25, 0.3) is 5.57 Å². The Hall–Kier alpha value is -2.17. The number of carbonyl (C=O) groups is 1. The molecular formula is C19H26N2O3. The average Bonchev–Trinajstić information content (AvgIpc) is 2.91. The van der Waals surface area contributed by atoms with E-state index in [1.165, 1.54) is 11.1 Å². The average molecular weight is 330 g/mol. The highest BCUT2D eigenvalue weighted by molar-refractivity contribution is 5.85. The van der Waals surface area contributed by atoms with Crippen molar-refractivity contribution in [3.8, 4) is 0 Å². The Morgan fingerprint density at radius 2 is 2.00 bits per heavy atom. The van der Waals surface area contributed by atoms with Gasteiger partial charge in [-0.25, -0.2) is 4.79 Å². The van der Waals surface area contributed by atoms with E-state index >= 15 is 0 Å². The van der Waals surface area contributed by atoms with E-state index in [2.05, 4.69) is 50.0 Å². The highest BCUT2D eigenvalue weighted by Crippen LogP contribution is 2.37. The van der Waals surface area contributed by atoms with Gasteiger partial charge in [-0.15, -0.1) is 0 Å². The van der Waals surface area contributed by atoms with Gasteiger partial charge in [-0.05, 0) is 37.7 Å². The van der Waals surface area contributed by atoms with Gasteiger partial charge in [-0.3, -0.25) is 0 Å². The fourth-order valence-electron chi connectivity index (χ4n) is 2.58. The molecule has 24 heavy (non-hydrogen) atoms. The Morgan fingerprint density at radius 1 is 1.29 bits per heavy atom. The van der Waals surface area contributed by atoms with Crippen LogP contribution in [0.3, 0.4) is 0 Å². The molecule has 1 aliphatic rings. The van der Waals surface area contributed by atoms with E-state index in [4.69, 9.17) is 9.26 Å². The van der Waals surface area contributed by atoms with Gasteiger partial charge in [0.2, 0.25) is 5.82 Å². The Labute approximate surface area is 143 Å². The van der Waals surface area contributed by atoms with Crippen LogP contribution in [0.2, 0.25) is 0 Å². The molecule has 0 aromatic carbocycles. The lowest BCUT2D eigenvalue weighted by Gasteiger charge is -2.23. The molecule has 0 fully saturated rings. The van der Waals surface area contributed by atoms with E-state index in [9.17, 15) is 4.79 Å². The summed E-state index contributed by atoms with van der Waals surface area (Å²) in [7, 11) is 0. The van der Waals surface area contributed by atoms with Gasteiger partial charge < -0.3 is 9.26 Å². The van der Waals surface area contributed by atoms with Crippen molar-refractivity contribution in [3.05, 3.63) is 40.6 Å². The van der Waals surface area contributed by atoms with Gasteiger partial charge >= 0.3 is 11.9 Å². The lowest BCUT2D eigenvalue weighted by Crippen LogP contribution is -2.10. The lowest BCUT2D eigenvalue weighted by molar-refractivity contribution is 0.0470. The zero-order valence-corrected chi connectivity index (χ0v) is 15.4. The van der Waals surface area contributed by atoms with Crippen molar-refractivity contribution in [2.45, 2.75) is 54.4 Å². The zero-order valence-electron chi connectivity index (χ0n) is 15.4. The molecule has 5 nitrogen and oxygen atoms in total. The van der Waals surface area contributed by atoms with Crippen molar-refractivity contribution in [1.29, 1.82) is 0 Å². The summed E-state index contributed by atoms with van der Waals surface area (Å²) in [5.74, 6) is -0.277. The summed E-state index contributed by atoms with van der Waals surface area (Å²) >= 11 is 0. The molecule has 1 aromatic heterocycles. The third-order valence-electron chi connectivity index (χ3n) is 4.12. The van der Waals surface area contributed by atoms with Crippen LogP contribution in [0, 0.1) is 5.41 Å². The van der Waals surface area contributed by atoms with E-state index in [0.29, 0.717) is 5.82 Å². The van der Waals surface area contributed by atoms with E-state index in [-0.39, 0.29) is 17.9 Å². The van der Waals surface area contributed by atoms with Crippen molar-refractivity contribution in [2.75, 3.05) is 6.61 Å². The monoisotopic (exact) mass is 330 g/mol. The molecule has 0 radical (unpaired) electrons. The number of hydrogen-bond acceptors (Lipinski definition) is 5. The molecule has 0 amide bonds. The molecule has 0 saturated carbocycles. The first-order valence-electron chi connectivity index (χ1n) is 8.38. The molecule has 0 atom stereocenters. The van der Waals surface area contributed by atoms with Crippen LogP contribution in [-0.4, -0.2) is 22.7 Å². The first-order valence-corrected chi connectivity index (χ1v) is 8.38. The third kappa shape index (κ3) is 4.02. The molecule has 0 N–H and O–H groups in total. The van der Waals surface area contributed by atoms with Crippen LogP contribution >= 0.6 is 0 Å². The van der Waals surface area contributed by atoms with Crippen molar-refractivity contribution in [1.82, 2.24) is 10.1 Å². The number of allylic oxidation sites excluding steroid dienone is 6. The van der Waals surface area contributed by atoms with Crippen LogP contribution in [0.1, 0.15) is 70.9 Å². The number of nitrogens with zero attached hydrogens (tertiary/aromatic N) is 2. The van der Waals surface area contributed by atoms with Crippen LogP contribution in [0.15, 0.2) is 33.4 Å². The van der Waals surface area contributed by atoms with Gasteiger partial charge in [0.05, 0.1) is 6.61 Å². The van der Waals surface area contributed by atoms with Gasteiger partial charge in [-0.1, -0.05) is 56.1 Å². The molecule has 130 valence electrons. The van der Waals surface area contributed by atoms with Gasteiger partial charge in [0, 0.05) is 5.57 Å². The van der Waals surface area contributed by atoms with Crippen molar-refractivity contribution in [2.24, 2.45) is 5.41 Å². The Kier molecular flexibility index (Phi) is 5.42. The summed E-state index contributed by atoms with van der Waals surface area (Å²) in [5, 5.41) is 3.98. The molecular weight excluding hydrogens is 304 g/mol. The van der Waals surface area contributed by atoms with Crippen molar-refractivity contribution >= 4 is 11.5 Å². The fourth-order valence-corrected chi connectivity index (χ4v) is 2.58. The smallest absolute Gasteiger partial charge is 0.397 e. The molecule has 2 rings (SSSR count). The molecule has 5 heteroatoms. The van der Waals surface area contributed by atoms with Gasteiger partial charge in [-0.2, -0.15) is 4.98 Å². The number of esters is 1. The molecule has 0 spiro atoms. The first kappa shape index (κ1) is 18.2. The maximum absolute atomic E-state index is 11.8. The Bertz CT molecular complexity index is 715. The van der Waals surface area contributed by atoms with Gasteiger partial charge in [0.1, 0.15) is 0 Å². The maximum Gasteiger partial charge on any atom is 0.397 e. The number of ether oxygens (including phenoxy) is 1. The molecule has 1 heterocycles. The SMILES string of the molecule is CCOC(=O)c1nc(C2=C(C)C=C(CC)CC(C(C)(C)C)=C2)no1. The van der Waals surface area contributed by atoms with E-state index in [1.54, 1.807) is 6.92 Å². The Morgan fingerprint density at radius 3 is 2.58 bits per heavy atom. The summed E-state index contributed by atoms with van der Waals surface area (Å²) in [6.07, 6.45) is 6.25. The first-order chi connectivity index (χ1) is 11.3. The van der Waals surface area contributed by atoms with Gasteiger partial charge in [0.15, 0.2) is 0 Å². The Balaban J connectivity index is 2.49. The summed E-state index contributed by atoms with van der Waals surface area (Å²) in [6, 6.07) is 0. The van der Waals surface area contributed by atoms with Gasteiger partial charge in [0.25, 0.3) is 0 Å². The predicted molar refractivity (Wildman–Crippen MR) is 93.4 cm³/mol. The second kappa shape index (κ2) is 7.16. The zero-order chi connectivity index (χ0) is 17.9. The second-order valence-corrected chi connectivity index (χ2v) is 6.99. The normalized spacial score (nSPS) is 15.8. The number of hydrogen-bond donors (Lipinski definition) is 0. The molecule has 0 aliphatic heterocycles. The summed E-state index contributed by atoms with van der Waals surface area (Å²) in [4.78, 5) is 16.0. The van der Waals surface area contributed by atoms with E-state index in [1.807, 2.05) is 6.92 Å². The quantitative estimate of drug-likeness (QED) is 0.747. The van der Waals surface area contributed by atoms with Crippen molar-refractivity contribution < 1.29 is 14.1 Å². The minimum absolute atomic E-state index is 0.0395. The number of carbonyl (C=O) groups excluding carboxylic acids is 1. The third-order valence-corrected chi connectivity index (χ3v) is 4.12. The minimum atomic E-state index is -0.590. The molecule has 0 unspecified atom stereocenters. The fraction of sp³-hybridized carbons (Fsp3) is 0.526. The molecule has 1 aromatic rings. The molecule has 1 aliphatic carbocycles. The largest absolute Gasteiger partial charge is 0.459 e. The second-order valence-electron chi connectivity index (χ2n) is 6.99. The molecule has 0 saturated heterocycles. The van der Waals surface area contributed by atoms with Crippen molar-refractivity contribution in [3.63, 3.8) is 0 Å². The van der Waals surface area contributed by atoms with E-state index in [0.717, 1.165) is 24.0 Å². The standard InChI is InChI=1S/C19H26N2O3/c1-7-13-9-12(3)15(11-14(10-13)19(4,5)6)16-20-17(24-21-16)18(22)23-8-2/h9,11H,7-8,10H2,1-6H3. The van der Waals surface area contributed by atoms with Crippen LogP contribution in [0.4, 0.5) is 0 Å². The van der Waals surface area contributed by atoms with Crippen LogP contribution in [0.5, 0.6) is 0 Å².